The summed E-state index contributed by atoms with van der Waals surface area (Å²) in [5.74, 6) is 0. The van der Waals surface area contributed by atoms with Gasteiger partial charge in [0.1, 0.15) is 0 Å². The van der Waals surface area contributed by atoms with Crippen molar-refractivity contribution in [3.8, 4) is 0 Å². The molecule has 1 N–H and O–H groups in total. The Balaban J connectivity index is 0.00000242. The third-order valence-corrected chi connectivity index (χ3v) is 3.79. The Kier molecular flexibility index (Phi) is 6.91. The van der Waals surface area contributed by atoms with Crippen molar-refractivity contribution in [2.75, 3.05) is 0 Å². The van der Waals surface area contributed by atoms with E-state index in [9.17, 15) is 13.2 Å². The average molecular weight is 395 g/mol. The van der Waals surface area contributed by atoms with Gasteiger partial charge in [0.2, 0.25) is 0 Å². The molecular weight excluding hydrogens is 379 g/mol. The van der Waals surface area contributed by atoms with E-state index in [2.05, 4.69) is 21.2 Å². The largest absolute Gasteiger partial charge is 0.416 e. The molecule has 2 rings (SSSR count). The van der Waals surface area contributed by atoms with Crippen molar-refractivity contribution in [1.29, 1.82) is 0 Å². The van der Waals surface area contributed by atoms with Gasteiger partial charge in [0.05, 0.1) is 5.56 Å². The Hall–Kier alpha value is -1.04. The molecule has 2 aromatic rings. The molecule has 0 heterocycles. The molecule has 120 valence electrons. The zero-order valence-corrected chi connectivity index (χ0v) is 14.2. The third-order valence-electron chi connectivity index (χ3n) is 3.26. The summed E-state index contributed by atoms with van der Waals surface area (Å²) in [6.07, 6.45) is -4.28. The summed E-state index contributed by atoms with van der Waals surface area (Å²) in [5, 5.41) is 3.30. The molecule has 22 heavy (non-hydrogen) atoms. The van der Waals surface area contributed by atoms with Crippen LogP contribution in [0.4, 0.5) is 13.2 Å². The second-order valence-electron chi connectivity index (χ2n) is 4.85. The highest BCUT2D eigenvalue weighted by Gasteiger charge is 2.29. The third kappa shape index (κ3) is 5.30. The molecule has 1 unspecified atom stereocenters. The van der Waals surface area contributed by atoms with Crippen molar-refractivity contribution in [2.24, 2.45) is 0 Å². The second kappa shape index (κ2) is 7.99. The van der Waals surface area contributed by atoms with Crippen LogP contribution in [0, 0.1) is 0 Å². The van der Waals surface area contributed by atoms with Crippen LogP contribution in [0.15, 0.2) is 53.0 Å². The van der Waals surface area contributed by atoms with Gasteiger partial charge in [-0.15, -0.1) is 12.4 Å². The molecule has 0 aromatic heterocycles. The van der Waals surface area contributed by atoms with Gasteiger partial charge in [0.15, 0.2) is 0 Å². The molecule has 2 aromatic carbocycles. The highest BCUT2D eigenvalue weighted by Crippen LogP contribution is 2.29. The average Bonchev–Trinajstić information content (AvgIpc) is 2.45. The fourth-order valence-corrected chi connectivity index (χ4v) is 2.22. The molecule has 0 saturated carbocycles. The lowest BCUT2D eigenvalue weighted by Crippen LogP contribution is -2.18. The molecular formula is C16H16BrClF3N. The molecule has 0 bridgehead atoms. The van der Waals surface area contributed by atoms with Crippen LogP contribution in [0.5, 0.6) is 0 Å². The molecule has 0 aliphatic rings. The SMILES string of the molecule is CC(NCc1ccc(C(F)(F)F)cc1)c1ccc(Br)cc1.Cl. The van der Waals surface area contributed by atoms with Gasteiger partial charge in [0, 0.05) is 17.1 Å². The van der Waals surface area contributed by atoms with Crippen molar-refractivity contribution in [3.05, 3.63) is 69.7 Å². The zero-order chi connectivity index (χ0) is 15.5. The number of alkyl halides is 3. The van der Waals surface area contributed by atoms with Crippen molar-refractivity contribution < 1.29 is 13.2 Å². The molecule has 1 nitrogen and oxygen atoms in total. The Morgan fingerprint density at radius 2 is 1.55 bits per heavy atom. The molecule has 0 aliphatic heterocycles. The Morgan fingerprint density at radius 3 is 2.05 bits per heavy atom. The van der Waals surface area contributed by atoms with Gasteiger partial charge in [-0.1, -0.05) is 40.2 Å². The summed E-state index contributed by atoms with van der Waals surface area (Å²) in [5.41, 5.74) is 1.34. The number of rotatable bonds is 4. The van der Waals surface area contributed by atoms with Gasteiger partial charge in [-0.25, -0.2) is 0 Å². The maximum Gasteiger partial charge on any atom is 0.416 e. The van der Waals surface area contributed by atoms with Gasteiger partial charge in [-0.05, 0) is 42.3 Å². The quantitative estimate of drug-likeness (QED) is 0.697. The minimum atomic E-state index is -4.28. The van der Waals surface area contributed by atoms with Crippen LogP contribution in [0.25, 0.3) is 0 Å². The van der Waals surface area contributed by atoms with Gasteiger partial charge in [-0.2, -0.15) is 13.2 Å². The summed E-state index contributed by atoms with van der Waals surface area (Å²) in [4.78, 5) is 0. The van der Waals surface area contributed by atoms with Crippen molar-refractivity contribution >= 4 is 28.3 Å². The van der Waals surface area contributed by atoms with E-state index < -0.39 is 11.7 Å². The molecule has 6 heteroatoms. The molecule has 1 atom stereocenters. The van der Waals surface area contributed by atoms with Gasteiger partial charge in [-0.3, -0.25) is 0 Å². The number of hydrogen-bond acceptors (Lipinski definition) is 1. The first kappa shape index (κ1) is 19.0. The fraction of sp³-hybridized carbons (Fsp3) is 0.250. The van der Waals surface area contributed by atoms with Crippen LogP contribution < -0.4 is 5.32 Å². The predicted molar refractivity (Wildman–Crippen MR) is 88.1 cm³/mol. The maximum atomic E-state index is 12.5. The summed E-state index contributed by atoms with van der Waals surface area (Å²) < 4.78 is 38.4. The number of hydrogen-bond donors (Lipinski definition) is 1. The lowest BCUT2D eigenvalue weighted by Gasteiger charge is -2.15. The smallest absolute Gasteiger partial charge is 0.306 e. The number of halogens is 5. The molecule has 0 amide bonds. The number of nitrogens with one attached hydrogen (secondary N) is 1. The van der Waals surface area contributed by atoms with Crippen LogP contribution in [0.1, 0.15) is 29.7 Å². The van der Waals surface area contributed by atoms with Crippen LogP contribution in [-0.2, 0) is 12.7 Å². The molecule has 0 spiro atoms. The van der Waals surface area contributed by atoms with E-state index in [4.69, 9.17) is 0 Å². The van der Waals surface area contributed by atoms with Gasteiger partial charge < -0.3 is 5.32 Å². The lowest BCUT2D eigenvalue weighted by atomic mass is 10.1. The summed E-state index contributed by atoms with van der Waals surface area (Å²) in [6, 6.07) is 13.3. The van der Waals surface area contributed by atoms with E-state index in [0.29, 0.717) is 6.54 Å². The van der Waals surface area contributed by atoms with Crippen molar-refractivity contribution in [2.45, 2.75) is 25.7 Å². The van der Waals surface area contributed by atoms with Crippen LogP contribution >= 0.6 is 28.3 Å². The molecule has 0 fully saturated rings. The van der Waals surface area contributed by atoms with Gasteiger partial charge >= 0.3 is 6.18 Å². The fourth-order valence-electron chi connectivity index (χ4n) is 1.95. The zero-order valence-electron chi connectivity index (χ0n) is 11.8. The Labute approximate surface area is 142 Å². The van der Waals surface area contributed by atoms with Crippen LogP contribution in [-0.4, -0.2) is 0 Å². The van der Waals surface area contributed by atoms with Crippen LogP contribution in [0.3, 0.4) is 0 Å². The summed E-state index contributed by atoms with van der Waals surface area (Å²) in [6.45, 7) is 2.54. The first-order valence-electron chi connectivity index (χ1n) is 6.51. The van der Waals surface area contributed by atoms with Crippen LogP contribution in [0.2, 0.25) is 0 Å². The molecule has 0 radical (unpaired) electrons. The predicted octanol–water partition coefficient (Wildman–Crippen LogP) is 5.74. The van der Waals surface area contributed by atoms with E-state index >= 15 is 0 Å². The van der Waals surface area contributed by atoms with Crippen molar-refractivity contribution in [3.63, 3.8) is 0 Å². The monoisotopic (exact) mass is 393 g/mol. The molecule has 0 saturated heterocycles. The van der Waals surface area contributed by atoms with E-state index in [1.54, 1.807) is 0 Å². The summed E-state index contributed by atoms with van der Waals surface area (Å²) >= 11 is 3.38. The molecule has 0 aliphatic carbocycles. The van der Waals surface area contributed by atoms with Crippen molar-refractivity contribution in [1.82, 2.24) is 5.32 Å². The minimum Gasteiger partial charge on any atom is -0.306 e. The summed E-state index contributed by atoms with van der Waals surface area (Å²) in [7, 11) is 0. The van der Waals surface area contributed by atoms with E-state index in [0.717, 1.165) is 27.7 Å². The first-order chi connectivity index (χ1) is 9.86. The number of benzene rings is 2. The Morgan fingerprint density at radius 1 is 1.00 bits per heavy atom. The maximum absolute atomic E-state index is 12.5. The first-order valence-corrected chi connectivity index (χ1v) is 7.30. The standard InChI is InChI=1S/C16H15BrF3N.ClH/c1-11(13-4-8-15(17)9-5-13)21-10-12-2-6-14(7-3-12)16(18,19)20;/h2-9,11,21H,10H2,1H3;1H. The topological polar surface area (TPSA) is 12.0 Å². The van der Waals surface area contributed by atoms with E-state index in [1.807, 2.05) is 31.2 Å². The second-order valence-corrected chi connectivity index (χ2v) is 5.76. The minimum absolute atomic E-state index is 0. The normalized spacial score (nSPS) is 12.6. The van der Waals surface area contributed by atoms with E-state index in [1.165, 1.54) is 12.1 Å². The van der Waals surface area contributed by atoms with E-state index in [-0.39, 0.29) is 18.4 Å². The highest BCUT2D eigenvalue weighted by molar-refractivity contribution is 9.10. The lowest BCUT2D eigenvalue weighted by molar-refractivity contribution is -0.137. The highest BCUT2D eigenvalue weighted by atomic mass is 79.9. The Bertz CT molecular complexity index is 582. The van der Waals surface area contributed by atoms with Gasteiger partial charge in [0.25, 0.3) is 0 Å².